The van der Waals surface area contributed by atoms with E-state index in [0.29, 0.717) is 17.9 Å². The molecule has 0 spiro atoms. The smallest absolute Gasteiger partial charge is 0.316 e. The number of likely N-dealkylation sites (tertiary alicyclic amines) is 2. The SMILES string of the molecule is CN1CC2CN(C(C)(C)C)CC(C1)C2N1Cc2ccccc2NC1=O. The number of para-hydroxylation sites is 1. The molecule has 1 aromatic carbocycles. The summed E-state index contributed by atoms with van der Waals surface area (Å²) in [5, 5.41) is 3.11. The molecular formula is C20H30N4O. The van der Waals surface area contributed by atoms with Crippen molar-refractivity contribution in [2.45, 2.75) is 38.9 Å². The Morgan fingerprint density at radius 3 is 2.32 bits per heavy atom. The van der Waals surface area contributed by atoms with E-state index in [-0.39, 0.29) is 11.6 Å². The Labute approximate surface area is 151 Å². The monoisotopic (exact) mass is 342 g/mol. The van der Waals surface area contributed by atoms with Gasteiger partial charge in [-0.25, -0.2) is 4.79 Å². The van der Waals surface area contributed by atoms with E-state index < -0.39 is 0 Å². The third-order valence-corrected chi connectivity index (χ3v) is 6.14. The number of urea groups is 1. The number of carbonyl (C=O) groups excluding carboxylic acids is 1. The van der Waals surface area contributed by atoms with Crippen LogP contribution in [0.3, 0.4) is 0 Å². The van der Waals surface area contributed by atoms with Crippen LogP contribution in [0.25, 0.3) is 0 Å². The average Bonchev–Trinajstić information content (AvgIpc) is 2.52. The third-order valence-electron chi connectivity index (χ3n) is 6.14. The zero-order valence-electron chi connectivity index (χ0n) is 15.8. The highest BCUT2D eigenvalue weighted by Gasteiger charge is 2.48. The number of amides is 2. The van der Waals surface area contributed by atoms with Gasteiger partial charge in [-0.3, -0.25) is 4.90 Å². The normalized spacial score (nSPS) is 30.8. The summed E-state index contributed by atoms with van der Waals surface area (Å²) in [5.74, 6) is 1.01. The Bertz CT molecular complexity index is 652. The summed E-state index contributed by atoms with van der Waals surface area (Å²) < 4.78 is 0. The standard InChI is InChI=1S/C20H30N4O/c1-20(2,3)23-11-15-9-22(4)10-16(12-23)18(15)24-13-14-7-5-6-8-17(14)21-19(24)25/h5-8,15-16,18H,9-13H2,1-4H3,(H,21,25). The molecule has 136 valence electrons. The lowest BCUT2D eigenvalue weighted by molar-refractivity contribution is -0.0582. The summed E-state index contributed by atoms with van der Waals surface area (Å²) >= 11 is 0. The van der Waals surface area contributed by atoms with Crippen LogP contribution in [0, 0.1) is 11.8 Å². The second kappa shape index (κ2) is 5.99. The maximum atomic E-state index is 12.8. The zero-order valence-corrected chi connectivity index (χ0v) is 15.8. The van der Waals surface area contributed by atoms with Crippen molar-refractivity contribution in [3.63, 3.8) is 0 Å². The van der Waals surface area contributed by atoms with E-state index in [1.807, 2.05) is 12.1 Å². The van der Waals surface area contributed by atoms with Gasteiger partial charge in [-0.2, -0.15) is 0 Å². The number of nitrogens with zero attached hydrogens (tertiary/aromatic N) is 3. The van der Waals surface area contributed by atoms with Crippen LogP contribution in [0.2, 0.25) is 0 Å². The molecule has 0 aromatic heterocycles. The number of rotatable bonds is 1. The minimum absolute atomic E-state index is 0.0764. The highest BCUT2D eigenvalue weighted by Crippen LogP contribution is 2.37. The highest BCUT2D eigenvalue weighted by atomic mass is 16.2. The molecule has 2 atom stereocenters. The molecule has 1 aromatic rings. The summed E-state index contributed by atoms with van der Waals surface area (Å²) in [5.41, 5.74) is 2.39. The van der Waals surface area contributed by atoms with Crippen LogP contribution in [-0.4, -0.2) is 65.5 Å². The number of piperidine rings is 2. The number of nitrogens with one attached hydrogen (secondary N) is 1. The van der Waals surface area contributed by atoms with Crippen molar-refractivity contribution >= 4 is 11.7 Å². The Hall–Kier alpha value is -1.59. The van der Waals surface area contributed by atoms with E-state index >= 15 is 0 Å². The molecular weight excluding hydrogens is 312 g/mol. The molecule has 2 bridgehead atoms. The molecule has 0 radical (unpaired) electrons. The molecule has 1 N–H and O–H groups in total. The zero-order chi connectivity index (χ0) is 17.8. The van der Waals surface area contributed by atoms with Gasteiger partial charge < -0.3 is 15.1 Å². The topological polar surface area (TPSA) is 38.8 Å². The van der Waals surface area contributed by atoms with Gasteiger partial charge in [0.2, 0.25) is 0 Å². The van der Waals surface area contributed by atoms with Gasteiger partial charge in [0.25, 0.3) is 0 Å². The van der Waals surface area contributed by atoms with E-state index in [0.717, 1.165) is 38.4 Å². The van der Waals surface area contributed by atoms with Crippen molar-refractivity contribution in [2.75, 3.05) is 38.5 Å². The molecule has 2 saturated heterocycles. The van der Waals surface area contributed by atoms with E-state index in [2.05, 4.69) is 60.0 Å². The quantitative estimate of drug-likeness (QED) is 0.853. The van der Waals surface area contributed by atoms with Crippen LogP contribution < -0.4 is 5.32 Å². The average molecular weight is 342 g/mol. The molecule has 2 unspecified atom stereocenters. The van der Waals surface area contributed by atoms with Gasteiger partial charge >= 0.3 is 6.03 Å². The van der Waals surface area contributed by atoms with Crippen molar-refractivity contribution in [3.05, 3.63) is 29.8 Å². The number of hydrogen-bond acceptors (Lipinski definition) is 3. The fourth-order valence-corrected chi connectivity index (χ4v) is 4.97. The van der Waals surface area contributed by atoms with Crippen LogP contribution in [0.15, 0.2) is 24.3 Å². The van der Waals surface area contributed by atoms with Gasteiger partial charge in [0.15, 0.2) is 0 Å². The van der Waals surface area contributed by atoms with Crippen molar-refractivity contribution < 1.29 is 4.79 Å². The molecule has 0 saturated carbocycles. The first-order valence-electron chi connectivity index (χ1n) is 9.42. The largest absolute Gasteiger partial charge is 0.322 e. The molecule has 3 heterocycles. The van der Waals surface area contributed by atoms with Crippen molar-refractivity contribution in [2.24, 2.45) is 11.8 Å². The summed E-state index contributed by atoms with van der Waals surface area (Å²) in [6.45, 7) is 11.9. The van der Waals surface area contributed by atoms with Crippen LogP contribution in [0.4, 0.5) is 10.5 Å². The van der Waals surface area contributed by atoms with Crippen LogP contribution in [0.1, 0.15) is 26.3 Å². The second-order valence-corrected chi connectivity index (χ2v) is 9.02. The predicted octanol–water partition coefficient (Wildman–Crippen LogP) is 2.69. The molecule has 5 heteroatoms. The van der Waals surface area contributed by atoms with Gasteiger partial charge in [-0.1, -0.05) is 18.2 Å². The molecule has 5 nitrogen and oxygen atoms in total. The molecule has 0 aliphatic carbocycles. The van der Waals surface area contributed by atoms with E-state index in [9.17, 15) is 4.79 Å². The van der Waals surface area contributed by atoms with Crippen molar-refractivity contribution in [1.29, 1.82) is 0 Å². The van der Waals surface area contributed by atoms with Crippen LogP contribution >= 0.6 is 0 Å². The van der Waals surface area contributed by atoms with Crippen LogP contribution in [-0.2, 0) is 6.54 Å². The maximum absolute atomic E-state index is 12.8. The first-order valence-corrected chi connectivity index (χ1v) is 9.42. The molecule has 4 rings (SSSR count). The molecule has 2 amide bonds. The predicted molar refractivity (Wildman–Crippen MR) is 101 cm³/mol. The summed E-state index contributed by atoms with van der Waals surface area (Å²) in [7, 11) is 2.22. The summed E-state index contributed by atoms with van der Waals surface area (Å²) in [6.07, 6.45) is 0. The minimum atomic E-state index is 0.0764. The number of fused-ring (bicyclic) bond motifs is 3. The molecule has 3 aliphatic heterocycles. The van der Waals surface area contributed by atoms with Crippen molar-refractivity contribution in [3.8, 4) is 0 Å². The first kappa shape index (κ1) is 16.9. The van der Waals surface area contributed by atoms with Gasteiger partial charge in [0.05, 0.1) is 0 Å². The Kier molecular flexibility index (Phi) is 4.04. The lowest BCUT2D eigenvalue weighted by Crippen LogP contribution is -2.67. The number of hydrogen-bond donors (Lipinski definition) is 1. The fourth-order valence-electron chi connectivity index (χ4n) is 4.97. The summed E-state index contributed by atoms with van der Waals surface area (Å²) in [6, 6.07) is 8.59. The lowest BCUT2D eigenvalue weighted by Gasteiger charge is -2.56. The van der Waals surface area contributed by atoms with E-state index in [4.69, 9.17) is 0 Å². The Balaban J connectivity index is 1.61. The number of benzene rings is 1. The minimum Gasteiger partial charge on any atom is -0.316 e. The number of carbonyl (C=O) groups is 1. The number of anilines is 1. The first-order chi connectivity index (χ1) is 11.8. The Morgan fingerprint density at radius 2 is 1.68 bits per heavy atom. The van der Waals surface area contributed by atoms with Gasteiger partial charge in [0, 0.05) is 61.8 Å². The molecule has 2 fully saturated rings. The lowest BCUT2D eigenvalue weighted by atomic mass is 9.77. The van der Waals surface area contributed by atoms with Gasteiger partial charge in [0.1, 0.15) is 0 Å². The van der Waals surface area contributed by atoms with Crippen LogP contribution in [0.5, 0.6) is 0 Å². The van der Waals surface area contributed by atoms with Gasteiger partial charge in [-0.15, -0.1) is 0 Å². The van der Waals surface area contributed by atoms with Gasteiger partial charge in [-0.05, 0) is 39.4 Å². The van der Waals surface area contributed by atoms with E-state index in [1.165, 1.54) is 5.56 Å². The molecule has 3 aliphatic rings. The van der Waals surface area contributed by atoms with Crippen molar-refractivity contribution in [1.82, 2.24) is 14.7 Å². The second-order valence-electron chi connectivity index (χ2n) is 9.02. The maximum Gasteiger partial charge on any atom is 0.322 e. The molecule has 25 heavy (non-hydrogen) atoms. The Morgan fingerprint density at radius 1 is 1.04 bits per heavy atom. The third kappa shape index (κ3) is 3.04. The van der Waals surface area contributed by atoms with E-state index in [1.54, 1.807) is 0 Å². The fraction of sp³-hybridized carbons (Fsp3) is 0.650. The highest BCUT2D eigenvalue weighted by molar-refractivity contribution is 5.92. The summed E-state index contributed by atoms with van der Waals surface area (Å²) in [4.78, 5) is 20.0.